The molecule has 0 nitrogen and oxygen atoms in total. The Bertz CT molecular complexity index is 355. The van der Waals surface area contributed by atoms with E-state index in [2.05, 4.69) is 6.92 Å². The molecule has 1 atom stereocenters. The minimum atomic E-state index is -4.24. The number of hydrogen-bond donors (Lipinski definition) is 0. The average Bonchev–Trinajstić information content (AvgIpc) is 2.33. The van der Waals surface area contributed by atoms with Gasteiger partial charge in [-0.3, -0.25) is 0 Å². The summed E-state index contributed by atoms with van der Waals surface area (Å²) in [5.74, 6) is 0.0350. The van der Waals surface area contributed by atoms with E-state index < -0.39 is 11.7 Å². The maximum atomic E-state index is 13.0. The van der Waals surface area contributed by atoms with Crippen LogP contribution in [0.1, 0.15) is 63.0 Å². The van der Waals surface area contributed by atoms with Crippen molar-refractivity contribution in [1.29, 1.82) is 0 Å². The Kier molecular flexibility index (Phi) is 5.70. The van der Waals surface area contributed by atoms with Crippen LogP contribution < -0.4 is 0 Å². The first-order chi connectivity index (χ1) is 8.50. The van der Waals surface area contributed by atoms with Crippen LogP contribution in [0.25, 0.3) is 0 Å². The summed E-state index contributed by atoms with van der Waals surface area (Å²) >= 11 is 0. The SMILES string of the molecule is CCCCC(CCC)c1ccccc1C(F)(F)F. The molecule has 3 heteroatoms. The highest BCUT2D eigenvalue weighted by atomic mass is 19.4. The molecular formula is C15H21F3. The molecule has 0 aromatic heterocycles. The van der Waals surface area contributed by atoms with Gasteiger partial charge in [-0.05, 0) is 30.4 Å². The molecule has 1 aromatic rings. The van der Waals surface area contributed by atoms with Crippen LogP contribution in [0.2, 0.25) is 0 Å². The fourth-order valence-electron chi connectivity index (χ4n) is 2.37. The molecule has 0 saturated carbocycles. The molecule has 1 unspecified atom stereocenters. The van der Waals surface area contributed by atoms with Crippen molar-refractivity contribution >= 4 is 0 Å². The number of rotatable bonds is 6. The van der Waals surface area contributed by atoms with Crippen LogP contribution in [0.4, 0.5) is 13.2 Å². The number of benzene rings is 1. The molecule has 1 rings (SSSR count). The highest BCUT2D eigenvalue weighted by Crippen LogP contribution is 2.38. The molecule has 0 saturated heterocycles. The van der Waals surface area contributed by atoms with Gasteiger partial charge in [-0.2, -0.15) is 13.2 Å². The second-order valence-electron chi connectivity index (χ2n) is 4.71. The van der Waals surface area contributed by atoms with Crippen molar-refractivity contribution in [3.05, 3.63) is 35.4 Å². The van der Waals surface area contributed by atoms with Gasteiger partial charge in [0, 0.05) is 0 Å². The predicted molar refractivity (Wildman–Crippen MR) is 68.6 cm³/mol. The standard InChI is InChI=1S/C15H21F3/c1-3-5-9-12(8-4-2)13-10-6-7-11-14(13)15(16,17)18/h6-7,10-12H,3-5,8-9H2,1-2H3. The summed E-state index contributed by atoms with van der Waals surface area (Å²) in [4.78, 5) is 0. The quantitative estimate of drug-likeness (QED) is 0.606. The monoisotopic (exact) mass is 258 g/mol. The number of halogens is 3. The van der Waals surface area contributed by atoms with Gasteiger partial charge in [0.05, 0.1) is 5.56 Å². The lowest BCUT2D eigenvalue weighted by atomic mass is 9.86. The molecule has 102 valence electrons. The molecule has 0 aliphatic rings. The van der Waals surface area contributed by atoms with E-state index in [1.165, 1.54) is 12.1 Å². The molecule has 0 spiro atoms. The van der Waals surface area contributed by atoms with E-state index in [0.29, 0.717) is 5.56 Å². The van der Waals surface area contributed by atoms with Gasteiger partial charge >= 0.3 is 6.18 Å². The highest BCUT2D eigenvalue weighted by Gasteiger charge is 2.34. The third-order valence-electron chi connectivity index (χ3n) is 3.25. The third-order valence-corrected chi connectivity index (χ3v) is 3.25. The lowest BCUT2D eigenvalue weighted by molar-refractivity contribution is -0.138. The highest BCUT2D eigenvalue weighted by molar-refractivity contribution is 5.32. The fourth-order valence-corrected chi connectivity index (χ4v) is 2.37. The van der Waals surface area contributed by atoms with Gasteiger partial charge in [0.25, 0.3) is 0 Å². The second-order valence-corrected chi connectivity index (χ2v) is 4.71. The van der Waals surface area contributed by atoms with Crippen LogP contribution in [0, 0.1) is 0 Å². The molecule has 0 N–H and O–H groups in total. The molecule has 0 radical (unpaired) electrons. The summed E-state index contributed by atoms with van der Waals surface area (Å²) in [6, 6.07) is 6.01. The number of hydrogen-bond acceptors (Lipinski definition) is 0. The summed E-state index contributed by atoms with van der Waals surface area (Å²) in [5, 5.41) is 0. The van der Waals surface area contributed by atoms with Crippen molar-refractivity contribution in [2.75, 3.05) is 0 Å². The van der Waals surface area contributed by atoms with Crippen molar-refractivity contribution in [3.63, 3.8) is 0 Å². The van der Waals surface area contributed by atoms with Crippen LogP contribution in [-0.2, 0) is 6.18 Å². The van der Waals surface area contributed by atoms with E-state index in [4.69, 9.17) is 0 Å². The van der Waals surface area contributed by atoms with E-state index in [9.17, 15) is 13.2 Å². The van der Waals surface area contributed by atoms with E-state index in [-0.39, 0.29) is 5.92 Å². The van der Waals surface area contributed by atoms with Crippen molar-refractivity contribution < 1.29 is 13.2 Å². The van der Waals surface area contributed by atoms with Gasteiger partial charge in [-0.1, -0.05) is 51.3 Å². The molecule has 0 fully saturated rings. The zero-order valence-corrected chi connectivity index (χ0v) is 11.1. The zero-order chi connectivity index (χ0) is 13.6. The van der Waals surface area contributed by atoms with E-state index in [1.54, 1.807) is 12.1 Å². The number of unbranched alkanes of at least 4 members (excludes halogenated alkanes) is 1. The Morgan fingerprint density at radius 2 is 1.67 bits per heavy atom. The van der Waals surface area contributed by atoms with E-state index in [0.717, 1.165) is 32.1 Å². The molecule has 0 aliphatic carbocycles. The van der Waals surface area contributed by atoms with Gasteiger partial charge in [-0.15, -0.1) is 0 Å². The normalized spacial score (nSPS) is 13.6. The first-order valence-corrected chi connectivity index (χ1v) is 6.66. The molecule has 1 aromatic carbocycles. The predicted octanol–water partition coefficient (Wildman–Crippen LogP) is 5.78. The Morgan fingerprint density at radius 1 is 1.00 bits per heavy atom. The maximum absolute atomic E-state index is 13.0. The van der Waals surface area contributed by atoms with E-state index >= 15 is 0 Å². The zero-order valence-electron chi connectivity index (χ0n) is 11.1. The summed E-state index contributed by atoms with van der Waals surface area (Å²) in [6.07, 6.45) is 0.352. The summed E-state index contributed by atoms with van der Waals surface area (Å²) in [7, 11) is 0. The van der Waals surface area contributed by atoms with Gasteiger partial charge in [0.15, 0.2) is 0 Å². The second kappa shape index (κ2) is 6.81. The van der Waals surface area contributed by atoms with Gasteiger partial charge in [-0.25, -0.2) is 0 Å². The first kappa shape index (κ1) is 15.1. The van der Waals surface area contributed by atoms with Crippen LogP contribution in [0.15, 0.2) is 24.3 Å². The third kappa shape index (κ3) is 4.04. The van der Waals surface area contributed by atoms with Crippen molar-refractivity contribution in [2.45, 2.75) is 58.0 Å². The van der Waals surface area contributed by atoms with Gasteiger partial charge in [0.1, 0.15) is 0 Å². The Hall–Kier alpha value is -0.990. The fraction of sp³-hybridized carbons (Fsp3) is 0.600. The minimum Gasteiger partial charge on any atom is -0.166 e. The first-order valence-electron chi connectivity index (χ1n) is 6.66. The maximum Gasteiger partial charge on any atom is 0.416 e. The van der Waals surface area contributed by atoms with Gasteiger partial charge < -0.3 is 0 Å². The van der Waals surface area contributed by atoms with Crippen LogP contribution in [0.5, 0.6) is 0 Å². The molecule has 18 heavy (non-hydrogen) atoms. The van der Waals surface area contributed by atoms with E-state index in [1.807, 2.05) is 6.92 Å². The largest absolute Gasteiger partial charge is 0.416 e. The number of alkyl halides is 3. The molecular weight excluding hydrogens is 237 g/mol. The van der Waals surface area contributed by atoms with Gasteiger partial charge in [0.2, 0.25) is 0 Å². The van der Waals surface area contributed by atoms with Crippen molar-refractivity contribution in [2.24, 2.45) is 0 Å². The minimum absolute atomic E-state index is 0.0350. The molecule has 0 amide bonds. The molecule has 0 bridgehead atoms. The van der Waals surface area contributed by atoms with Crippen LogP contribution in [0.3, 0.4) is 0 Å². The smallest absolute Gasteiger partial charge is 0.166 e. The lowest BCUT2D eigenvalue weighted by Crippen LogP contribution is -2.12. The van der Waals surface area contributed by atoms with Crippen LogP contribution in [-0.4, -0.2) is 0 Å². The summed E-state index contributed by atoms with van der Waals surface area (Å²) < 4.78 is 38.9. The molecule has 0 heterocycles. The lowest BCUT2D eigenvalue weighted by Gasteiger charge is -2.21. The van der Waals surface area contributed by atoms with Crippen molar-refractivity contribution in [3.8, 4) is 0 Å². The topological polar surface area (TPSA) is 0 Å². The average molecular weight is 258 g/mol. The summed E-state index contributed by atoms with van der Waals surface area (Å²) in [6.45, 7) is 4.09. The summed E-state index contributed by atoms with van der Waals surface area (Å²) in [5.41, 5.74) is 0.0138. The Morgan fingerprint density at radius 3 is 2.22 bits per heavy atom. The van der Waals surface area contributed by atoms with Crippen LogP contribution >= 0.6 is 0 Å². The Labute approximate surface area is 107 Å². The molecule has 0 aliphatic heterocycles. The van der Waals surface area contributed by atoms with Crippen molar-refractivity contribution in [1.82, 2.24) is 0 Å². The Balaban J connectivity index is 3.03.